The van der Waals surface area contributed by atoms with Crippen LogP contribution in [0.2, 0.25) is 0 Å². The van der Waals surface area contributed by atoms with E-state index >= 15 is 0 Å². The van der Waals surface area contributed by atoms with Crippen molar-refractivity contribution in [1.82, 2.24) is 10.7 Å². The summed E-state index contributed by atoms with van der Waals surface area (Å²) < 4.78 is 5.15. The number of nitrogens with zero attached hydrogens (tertiary/aromatic N) is 1. The van der Waals surface area contributed by atoms with Gasteiger partial charge in [-0.2, -0.15) is 0 Å². The Balaban J connectivity index is 1.52. The first-order valence-electron chi connectivity index (χ1n) is 12.9. The van der Waals surface area contributed by atoms with Gasteiger partial charge in [-0.05, 0) is 66.6 Å². The van der Waals surface area contributed by atoms with E-state index in [1.165, 1.54) is 0 Å². The zero-order valence-electron chi connectivity index (χ0n) is 22.6. The summed E-state index contributed by atoms with van der Waals surface area (Å²) in [6.07, 6.45) is 0. The van der Waals surface area contributed by atoms with Crippen molar-refractivity contribution in [1.29, 1.82) is 0 Å². The molecule has 0 aliphatic heterocycles. The smallest absolute Gasteiger partial charge is 0.261 e. The summed E-state index contributed by atoms with van der Waals surface area (Å²) in [5.41, 5.74) is 5.49. The minimum atomic E-state index is -0.854. The van der Waals surface area contributed by atoms with E-state index in [0.29, 0.717) is 17.0 Å². The van der Waals surface area contributed by atoms with Crippen LogP contribution in [0.3, 0.4) is 0 Å². The van der Waals surface area contributed by atoms with Crippen LogP contribution in [0.5, 0.6) is 5.75 Å². The largest absolute Gasteiger partial charge is 0.497 e. The molecule has 0 aliphatic carbocycles. The molecule has 0 unspecified atom stereocenters. The van der Waals surface area contributed by atoms with E-state index in [1.54, 1.807) is 60.6 Å². The summed E-state index contributed by atoms with van der Waals surface area (Å²) in [5.74, 6) is -0.825. The number of carbonyl (C=O) groups excluding carboxylic acids is 3. The third-order valence-electron chi connectivity index (χ3n) is 6.26. The molecule has 1 atom stereocenters. The fourth-order valence-corrected chi connectivity index (χ4v) is 4.09. The van der Waals surface area contributed by atoms with Crippen molar-refractivity contribution in [3.05, 3.63) is 120 Å². The van der Waals surface area contributed by atoms with E-state index in [0.717, 1.165) is 11.4 Å². The van der Waals surface area contributed by atoms with Crippen LogP contribution in [0, 0.1) is 5.92 Å². The number of benzene rings is 4. The van der Waals surface area contributed by atoms with E-state index < -0.39 is 11.9 Å². The number of methoxy groups -OCH3 is 1. The lowest BCUT2D eigenvalue weighted by Gasteiger charge is -2.29. The van der Waals surface area contributed by atoms with Crippen molar-refractivity contribution in [3.8, 4) is 5.75 Å². The molecule has 40 heavy (non-hydrogen) atoms. The Kier molecular flexibility index (Phi) is 9.15. The molecule has 204 valence electrons. The molecule has 0 radical (unpaired) electrons. The second kappa shape index (κ2) is 13.1. The minimum Gasteiger partial charge on any atom is -0.497 e. The number of ether oxygens (including phenoxy) is 1. The molecule has 0 spiro atoms. The van der Waals surface area contributed by atoms with Gasteiger partial charge in [0.1, 0.15) is 11.8 Å². The predicted molar refractivity (Wildman–Crippen MR) is 157 cm³/mol. The molecule has 0 bridgehead atoms. The summed E-state index contributed by atoms with van der Waals surface area (Å²) in [7, 11) is 1.55. The average Bonchev–Trinajstić information content (AvgIpc) is 2.99. The highest BCUT2D eigenvalue weighted by atomic mass is 16.5. The number of amides is 3. The number of para-hydroxylation sites is 3. The third kappa shape index (κ3) is 6.85. The topological polar surface area (TPSA) is 99.8 Å². The van der Waals surface area contributed by atoms with Crippen LogP contribution in [-0.4, -0.2) is 30.9 Å². The van der Waals surface area contributed by atoms with Crippen molar-refractivity contribution in [3.63, 3.8) is 0 Å². The van der Waals surface area contributed by atoms with Crippen molar-refractivity contribution >= 4 is 34.8 Å². The number of anilines is 3. The SMILES string of the molecule is COc1ccc(C(=O)Nc2ccccc2C(=O)N[C@H](C(=O)NN(c2ccccc2)c2ccccc2)C(C)C)cc1. The molecule has 0 saturated heterocycles. The molecular weight excluding hydrogens is 504 g/mol. The minimum absolute atomic E-state index is 0.224. The maximum Gasteiger partial charge on any atom is 0.261 e. The van der Waals surface area contributed by atoms with Crippen LogP contribution in [0.25, 0.3) is 0 Å². The maximum atomic E-state index is 13.6. The van der Waals surface area contributed by atoms with Gasteiger partial charge >= 0.3 is 0 Å². The maximum absolute atomic E-state index is 13.6. The fourth-order valence-electron chi connectivity index (χ4n) is 4.09. The molecule has 4 rings (SSSR count). The Hall–Kier alpha value is -5.11. The molecular formula is C32H32N4O4. The standard InChI is InChI=1S/C32H32N4O4/c1-22(2)29(32(39)35-36(24-12-6-4-7-13-24)25-14-8-5-9-15-25)34-31(38)27-16-10-11-17-28(27)33-30(37)23-18-20-26(40-3)21-19-23/h4-22,29H,1-3H3,(H,33,37)(H,34,38)(H,35,39)/t29-/m0/s1. The van der Waals surface area contributed by atoms with Crippen LogP contribution in [0.4, 0.5) is 17.1 Å². The molecule has 0 saturated carbocycles. The fraction of sp³-hybridized carbons (Fsp3) is 0.156. The van der Waals surface area contributed by atoms with Gasteiger partial charge in [-0.25, -0.2) is 0 Å². The number of carbonyl (C=O) groups is 3. The van der Waals surface area contributed by atoms with Gasteiger partial charge in [0.15, 0.2) is 0 Å². The lowest BCUT2D eigenvalue weighted by atomic mass is 10.0. The summed E-state index contributed by atoms with van der Waals surface area (Å²) in [5, 5.41) is 7.35. The molecule has 8 heteroatoms. The van der Waals surface area contributed by atoms with Crippen LogP contribution in [0.15, 0.2) is 109 Å². The number of hydrogen-bond acceptors (Lipinski definition) is 5. The molecule has 4 aromatic rings. The first-order valence-corrected chi connectivity index (χ1v) is 12.9. The summed E-state index contributed by atoms with van der Waals surface area (Å²) in [6.45, 7) is 3.72. The molecule has 4 aromatic carbocycles. The number of hydrogen-bond donors (Lipinski definition) is 3. The van der Waals surface area contributed by atoms with Gasteiger partial charge in [-0.3, -0.25) is 24.8 Å². The zero-order chi connectivity index (χ0) is 28.5. The van der Waals surface area contributed by atoms with Crippen LogP contribution in [-0.2, 0) is 4.79 Å². The Bertz CT molecular complexity index is 1400. The van der Waals surface area contributed by atoms with Crippen molar-refractivity contribution in [2.24, 2.45) is 5.92 Å². The summed E-state index contributed by atoms with van der Waals surface area (Å²) >= 11 is 0. The van der Waals surface area contributed by atoms with Crippen LogP contribution >= 0.6 is 0 Å². The second-order valence-corrected chi connectivity index (χ2v) is 9.41. The first kappa shape index (κ1) is 27.9. The molecule has 0 heterocycles. The predicted octanol–water partition coefficient (Wildman–Crippen LogP) is 5.57. The van der Waals surface area contributed by atoms with Crippen LogP contribution in [0.1, 0.15) is 34.6 Å². The summed E-state index contributed by atoms with van der Waals surface area (Å²) in [6, 6.07) is 31.4. The second-order valence-electron chi connectivity index (χ2n) is 9.41. The Labute approximate surface area is 233 Å². The Morgan fingerprint density at radius 2 is 1.25 bits per heavy atom. The highest BCUT2D eigenvalue weighted by molar-refractivity contribution is 6.09. The lowest BCUT2D eigenvalue weighted by Crippen LogP contribution is -2.53. The normalized spacial score (nSPS) is 11.3. The van der Waals surface area contributed by atoms with E-state index in [4.69, 9.17) is 4.74 Å². The van der Waals surface area contributed by atoms with Gasteiger partial charge in [0.05, 0.1) is 29.7 Å². The molecule has 0 fully saturated rings. The molecule has 0 aliphatic rings. The van der Waals surface area contributed by atoms with Gasteiger partial charge < -0.3 is 15.4 Å². The van der Waals surface area contributed by atoms with Gasteiger partial charge in [0, 0.05) is 5.56 Å². The summed E-state index contributed by atoms with van der Waals surface area (Å²) in [4.78, 5) is 39.9. The zero-order valence-corrected chi connectivity index (χ0v) is 22.6. The van der Waals surface area contributed by atoms with Gasteiger partial charge in [-0.15, -0.1) is 0 Å². The van der Waals surface area contributed by atoms with E-state index in [9.17, 15) is 14.4 Å². The third-order valence-corrected chi connectivity index (χ3v) is 6.26. The number of hydrazine groups is 1. The number of nitrogens with one attached hydrogen (secondary N) is 3. The van der Waals surface area contributed by atoms with Crippen molar-refractivity contribution in [2.75, 3.05) is 17.4 Å². The van der Waals surface area contributed by atoms with Crippen molar-refractivity contribution < 1.29 is 19.1 Å². The van der Waals surface area contributed by atoms with Crippen LogP contribution < -0.4 is 25.8 Å². The highest BCUT2D eigenvalue weighted by Gasteiger charge is 2.28. The molecule has 8 nitrogen and oxygen atoms in total. The van der Waals surface area contributed by atoms with E-state index in [2.05, 4.69) is 16.1 Å². The molecule has 3 amide bonds. The Morgan fingerprint density at radius 3 is 1.80 bits per heavy atom. The molecule has 0 aromatic heterocycles. The monoisotopic (exact) mass is 536 g/mol. The van der Waals surface area contributed by atoms with Gasteiger partial charge in [-0.1, -0.05) is 62.4 Å². The Morgan fingerprint density at radius 1 is 0.700 bits per heavy atom. The number of rotatable bonds is 10. The average molecular weight is 537 g/mol. The van der Waals surface area contributed by atoms with Gasteiger partial charge in [0.25, 0.3) is 17.7 Å². The van der Waals surface area contributed by atoms with E-state index in [-0.39, 0.29) is 23.3 Å². The molecule has 3 N–H and O–H groups in total. The highest BCUT2D eigenvalue weighted by Crippen LogP contribution is 2.23. The van der Waals surface area contributed by atoms with E-state index in [1.807, 2.05) is 74.5 Å². The van der Waals surface area contributed by atoms with Crippen molar-refractivity contribution in [2.45, 2.75) is 19.9 Å². The quantitative estimate of drug-likeness (QED) is 0.230. The van der Waals surface area contributed by atoms with Gasteiger partial charge in [0.2, 0.25) is 0 Å². The first-order chi connectivity index (χ1) is 19.4. The lowest BCUT2D eigenvalue weighted by molar-refractivity contribution is -0.123.